The molecule has 6 heteroatoms. The second-order valence-corrected chi connectivity index (χ2v) is 6.65. The number of carboxylic acids is 1. The zero-order chi connectivity index (χ0) is 14.7. The van der Waals surface area contributed by atoms with Gasteiger partial charge in [0.1, 0.15) is 0 Å². The summed E-state index contributed by atoms with van der Waals surface area (Å²) in [6.45, 7) is 4.98. The van der Waals surface area contributed by atoms with Crippen molar-refractivity contribution < 1.29 is 14.7 Å². The van der Waals surface area contributed by atoms with Crippen molar-refractivity contribution in [2.45, 2.75) is 39.3 Å². The number of nitrogens with one attached hydrogen (secondary N) is 1. The van der Waals surface area contributed by atoms with Gasteiger partial charge in [-0.15, -0.1) is 11.3 Å². The predicted molar refractivity (Wildman–Crippen MR) is 77.8 cm³/mol. The fourth-order valence-corrected chi connectivity index (χ4v) is 3.37. The molecule has 2 N–H and O–H groups in total. The highest BCUT2D eigenvalue weighted by atomic mass is 32.1. The first-order valence-corrected chi connectivity index (χ1v) is 7.61. The van der Waals surface area contributed by atoms with Gasteiger partial charge in [0.25, 0.3) is 0 Å². The number of hydrogen-bond donors (Lipinski definition) is 2. The van der Waals surface area contributed by atoms with E-state index in [9.17, 15) is 9.59 Å². The van der Waals surface area contributed by atoms with Gasteiger partial charge < -0.3 is 15.3 Å². The molecule has 0 bridgehead atoms. The van der Waals surface area contributed by atoms with Crippen molar-refractivity contribution in [1.82, 2.24) is 10.2 Å². The van der Waals surface area contributed by atoms with Gasteiger partial charge in [-0.1, -0.05) is 0 Å². The largest absolute Gasteiger partial charge is 0.481 e. The molecule has 110 valence electrons. The first-order valence-electron chi connectivity index (χ1n) is 6.80. The highest BCUT2D eigenvalue weighted by Crippen LogP contribution is 2.23. The van der Waals surface area contributed by atoms with Gasteiger partial charge in [-0.25, -0.2) is 4.79 Å². The molecule has 0 radical (unpaired) electrons. The van der Waals surface area contributed by atoms with Crippen molar-refractivity contribution in [2.75, 3.05) is 6.54 Å². The van der Waals surface area contributed by atoms with Crippen LogP contribution in [-0.2, 0) is 11.3 Å². The summed E-state index contributed by atoms with van der Waals surface area (Å²) in [5.74, 6) is -1.08. The number of nitrogens with zero attached hydrogens (tertiary/aromatic N) is 1. The molecule has 0 saturated carbocycles. The van der Waals surface area contributed by atoms with Gasteiger partial charge in [0.15, 0.2) is 0 Å². The molecule has 2 heterocycles. The van der Waals surface area contributed by atoms with E-state index in [4.69, 9.17) is 5.11 Å². The van der Waals surface area contributed by atoms with Crippen LogP contribution in [0, 0.1) is 12.8 Å². The summed E-state index contributed by atoms with van der Waals surface area (Å²) in [4.78, 5) is 27.2. The molecular weight excluding hydrogens is 276 g/mol. The first-order chi connectivity index (χ1) is 9.47. The molecule has 2 unspecified atom stereocenters. The fraction of sp³-hybridized carbons (Fsp3) is 0.571. The Morgan fingerprint density at radius 3 is 2.80 bits per heavy atom. The van der Waals surface area contributed by atoms with Gasteiger partial charge in [-0.2, -0.15) is 0 Å². The van der Waals surface area contributed by atoms with E-state index >= 15 is 0 Å². The normalized spacial score (nSPS) is 22.6. The van der Waals surface area contributed by atoms with Crippen molar-refractivity contribution in [3.63, 3.8) is 0 Å². The molecule has 0 spiro atoms. The monoisotopic (exact) mass is 296 g/mol. The van der Waals surface area contributed by atoms with E-state index in [1.807, 2.05) is 26.0 Å². The van der Waals surface area contributed by atoms with Crippen LogP contribution in [0.5, 0.6) is 0 Å². The summed E-state index contributed by atoms with van der Waals surface area (Å²) in [5.41, 5.74) is 0. The smallest absolute Gasteiger partial charge is 0.317 e. The zero-order valence-corrected chi connectivity index (χ0v) is 12.6. The molecule has 1 aromatic heterocycles. The lowest BCUT2D eigenvalue weighted by atomic mass is 9.92. The molecule has 1 aromatic rings. The Labute approximate surface area is 122 Å². The molecule has 1 fully saturated rings. The molecule has 1 saturated heterocycles. The lowest BCUT2D eigenvalue weighted by molar-refractivity contribution is -0.143. The van der Waals surface area contributed by atoms with Crippen LogP contribution in [-0.4, -0.2) is 34.6 Å². The molecule has 0 aliphatic carbocycles. The number of rotatable bonds is 3. The number of aryl methyl sites for hydroxylation is 1. The Kier molecular flexibility index (Phi) is 4.65. The summed E-state index contributed by atoms with van der Waals surface area (Å²) in [5, 5.41) is 11.9. The molecule has 1 aliphatic rings. The lowest BCUT2D eigenvalue weighted by Gasteiger charge is -2.36. The molecule has 5 nitrogen and oxygen atoms in total. The highest BCUT2D eigenvalue weighted by molar-refractivity contribution is 7.11. The van der Waals surface area contributed by atoms with Gasteiger partial charge in [0.05, 0.1) is 12.5 Å². The highest BCUT2D eigenvalue weighted by Gasteiger charge is 2.32. The van der Waals surface area contributed by atoms with Crippen LogP contribution in [0.15, 0.2) is 12.1 Å². The van der Waals surface area contributed by atoms with E-state index in [2.05, 4.69) is 5.32 Å². The Morgan fingerprint density at radius 2 is 2.25 bits per heavy atom. The third-order valence-corrected chi connectivity index (χ3v) is 4.70. The van der Waals surface area contributed by atoms with Gasteiger partial charge >= 0.3 is 12.0 Å². The van der Waals surface area contributed by atoms with E-state index in [1.54, 1.807) is 16.2 Å². The Balaban J connectivity index is 1.85. The molecule has 2 rings (SSSR count). The number of piperidine rings is 1. The average Bonchev–Trinajstić information content (AvgIpc) is 2.81. The van der Waals surface area contributed by atoms with Gasteiger partial charge in [-0.05, 0) is 38.8 Å². The minimum Gasteiger partial charge on any atom is -0.481 e. The van der Waals surface area contributed by atoms with Crippen molar-refractivity contribution in [3.8, 4) is 0 Å². The number of carboxylic acid groups (broad SMARTS) is 1. The van der Waals surface area contributed by atoms with E-state index in [0.717, 1.165) is 4.88 Å². The van der Waals surface area contributed by atoms with E-state index < -0.39 is 5.97 Å². The van der Waals surface area contributed by atoms with Gasteiger partial charge in [0.2, 0.25) is 0 Å². The molecule has 2 atom stereocenters. The fourth-order valence-electron chi connectivity index (χ4n) is 2.54. The van der Waals surface area contributed by atoms with E-state index in [-0.39, 0.29) is 18.0 Å². The summed E-state index contributed by atoms with van der Waals surface area (Å²) in [6.07, 6.45) is 1.06. The summed E-state index contributed by atoms with van der Waals surface area (Å²) in [6, 6.07) is 3.91. The van der Waals surface area contributed by atoms with Crippen molar-refractivity contribution in [1.29, 1.82) is 0 Å². The van der Waals surface area contributed by atoms with Gasteiger partial charge in [-0.3, -0.25) is 4.79 Å². The Bertz CT molecular complexity index is 500. The van der Waals surface area contributed by atoms with Crippen LogP contribution in [0.25, 0.3) is 0 Å². The number of urea groups is 1. The Morgan fingerprint density at radius 1 is 1.50 bits per heavy atom. The minimum atomic E-state index is -0.758. The van der Waals surface area contributed by atoms with Crippen molar-refractivity contribution in [3.05, 3.63) is 21.9 Å². The topological polar surface area (TPSA) is 69.6 Å². The molecule has 0 aromatic carbocycles. The summed E-state index contributed by atoms with van der Waals surface area (Å²) >= 11 is 1.67. The van der Waals surface area contributed by atoms with Gasteiger partial charge in [0, 0.05) is 22.3 Å². The molecule has 2 amide bonds. The van der Waals surface area contributed by atoms with Crippen LogP contribution < -0.4 is 5.32 Å². The van der Waals surface area contributed by atoms with Crippen molar-refractivity contribution >= 4 is 23.3 Å². The second-order valence-electron chi connectivity index (χ2n) is 5.27. The maximum absolute atomic E-state index is 12.1. The maximum Gasteiger partial charge on any atom is 0.317 e. The maximum atomic E-state index is 12.1. The minimum absolute atomic E-state index is 0.0325. The summed E-state index contributed by atoms with van der Waals surface area (Å²) in [7, 11) is 0. The molecule has 20 heavy (non-hydrogen) atoms. The second kappa shape index (κ2) is 6.26. The third kappa shape index (κ3) is 3.50. The van der Waals surface area contributed by atoms with Crippen LogP contribution in [0.3, 0.4) is 0 Å². The first kappa shape index (κ1) is 14.8. The van der Waals surface area contributed by atoms with Crippen LogP contribution >= 0.6 is 11.3 Å². The van der Waals surface area contributed by atoms with Crippen LogP contribution in [0.2, 0.25) is 0 Å². The molecule has 1 aliphatic heterocycles. The van der Waals surface area contributed by atoms with Crippen molar-refractivity contribution in [2.24, 2.45) is 5.92 Å². The lowest BCUT2D eigenvalue weighted by Crippen LogP contribution is -2.49. The number of carbonyl (C=O) groups excluding carboxylic acids is 1. The quantitative estimate of drug-likeness (QED) is 0.900. The van der Waals surface area contributed by atoms with Crippen LogP contribution in [0.4, 0.5) is 4.79 Å². The molecular formula is C14H20N2O3S. The number of thiophene rings is 1. The SMILES string of the molecule is Cc1ccc(CNC(=O)N2CCC(C(=O)O)CC2C)s1. The number of hydrogen-bond acceptors (Lipinski definition) is 3. The van der Waals surface area contributed by atoms with E-state index in [0.29, 0.717) is 25.9 Å². The number of aliphatic carboxylic acids is 1. The predicted octanol–water partition coefficient (Wildman–Crippen LogP) is 2.45. The Hall–Kier alpha value is -1.56. The number of likely N-dealkylation sites (tertiary alicyclic amines) is 1. The zero-order valence-electron chi connectivity index (χ0n) is 11.8. The average molecular weight is 296 g/mol. The summed E-state index contributed by atoms with van der Waals surface area (Å²) < 4.78 is 0. The number of amides is 2. The van der Waals surface area contributed by atoms with E-state index in [1.165, 1.54) is 4.88 Å². The van der Waals surface area contributed by atoms with Crippen LogP contribution in [0.1, 0.15) is 29.5 Å². The number of carbonyl (C=O) groups is 2. The third-order valence-electron chi connectivity index (χ3n) is 3.70. The standard InChI is InChI=1S/C14H20N2O3S/c1-9-7-11(13(17)18)5-6-16(9)14(19)15-8-12-4-3-10(2)20-12/h3-4,9,11H,5-8H2,1-2H3,(H,15,19)(H,17,18).